The van der Waals surface area contributed by atoms with Crippen LogP contribution in [0.1, 0.15) is 28.5 Å². The van der Waals surface area contributed by atoms with Crippen LogP contribution in [-0.2, 0) is 6.42 Å². The number of benzene rings is 1. The van der Waals surface area contributed by atoms with E-state index in [4.69, 9.17) is 4.98 Å². The maximum Gasteiger partial charge on any atom is 0.255 e. The molecule has 1 amide bonds. The zero-order valence-corrected chi connectivity index (χ0v) is 15.9. The number of rotatable bonds is 3. The topological polar surface area (TPSA) is 49.3 Å². The number of para-hydroxylation sites is 1. The summed E-state index contributed by atoms with van der Waals surface area (Å²) in [5, 5.41) is 0.948. The van der Waals surface area contributed by atoms with E-state index in [9.17, 15) is 4.79 Å². The van der Waals surface area contributed by atoms with Gasteiger partial charge in [0.05, 0.1) is 11.1 Å². The Morgan fingerprint density at radius 1 is 1.04 bits per heavy atom. The number of carbonyl (C=O) groups excluding carboxylic acids is 1. The molecule has 0 bridgehead atoms. The average Bonchev–Trinajstić information content (AvgIpc) is 2.73. The molecule has 2 aromatic heterocycles. The molecule has 0 unspecified atom stereocenters. The Hall–Kier alpha value is -2.95. The molecular weight excluding hydrogens is 336 g/mol. The highest BCUT2D eigenvalue weighted by Gasteiger charge is 2.26. The number of hydrogen-bond donors (Lipinski definition) is 0. The smallest absolute Gasteiger partial charge is 0.255 e. The van der Waals surface area contributed by atoms with Crippen molar-refractivity contribution >= 4 is 22.6 Å². The number of aryl methyl sites for hydroxylation is 1. The molecule has 1 aromatic carbocycles. The van der Waals surface area contributed by atoms with Crippen molar-refractivity contribution in [2.24, 2.45) is 0 Å². The summed E-state index contributed by atoms with van der Waals surface area (Å²) < 4.78 is 0. The first-order chi connectivity index (χ1) is 13.2. The number of nitrogens with zero attached hydrogens (tertiary/aromatic N) is 4. The first-order valence-corrected chi connectivity index (χ1v) is 9.52. The minimum Gasteiger partial charge on any atom is -0.353 e. The van der Waals surface area contributed by atoms with Crippen molar-refractivity contribution in [2.75, 3.05) is 31.1 Å². The maximum atomic E-state index is 13.4. The van der Waals surface area contributed by atoms with E-state index >= 15 is 0 Å². The fourth-order valence-electron chi connectivity index (χ4n) is 3.82. The quantitative estimate of drug-likeness (QED) is 0.718. The van der Waals surface area contributed by atoms with Crippen molar-refractivity contribution in [3.8, 4) is 0 Å². The van der Waals surface area contributed by atoms with Gasteiger partial charge in [0.1, 0.15) is 5.82 Å². The van der Waals surface area contributed by atoms with Crippen LogP contribution in [0.4, 0.5) is 5.82 Å². The van der Waals surface area contributed by atoms with Gasteiger partial charge in [-0.2, -0.15) is 0 Å². The van der Waals surface area contributed by atoms with Crippen molar-refractivity contribution < 1.29 is 4.79 Å². The van der Waals surface area contributed by atoms with Gasteiger partial charge in [0.2, 0.25) is 0 Å². The van der Waals surface area contributed by atoms with E-state index < -0.39 is 0 Å². The Morgan fingerprint density at radius 2 is 1.78 bits per heavy atom. The Morgan fingerprint density at radius 3 is 2.48 bits per heavy atom. The molecule has 3 heterocycles. The van der Waals surface area contributed by atoms with Gasteiger partial charge in [0.25, 0.3) is 5.91 Å². The van der Waals surface area contributed by atoms with Gasteiger partial charge in [-0.3, -0.25) is 9.78 Å². The van der Waals surface area contributed by atoms with Crippen molar-refractivity contribution in [2.45, 2.75) is 20.3 Å². The van der Waals surface area contributed by atoms with Crippen LogP contribution < -0.4 is 4.90 Å². The van der Waals surface area contributed by atoms with Gasteiger partial charge in [-0.15, -0.1) is 0 Å². The highest BCUT2D eigenvalue weighted by Crippen LogP contribution is 2.25. The third kappa shape index (κ3) is 3.25. The number of amides is 1. The minimum atomic E-state index is 0.112. The number of pyridine rings is 2. The second kappa shape index (κ2) is 7.35. The molecule has 0 N–H and O–H groups in total. The van der Waals surface area contributed by atoms with Crippen molar-refractivity contribution in [3.05, 3.63) is 65.5 Å². The van der Waals surface area contributed by atoms with E-state index in [-0.39, 0.29) is 5.91 Å². The number of piperazine rings is 1. The molecule has 138 valence electrons. The standard InChI is InChI=1S/C22H24N4O/c1-3-18-16(2)21(17-8-4-5-9-19(17)24-18)22(27)26-14-12-25(13-15-26)20-10-6-7-11-23-20/h4-11H,3,12-15H2,1-2H3. The van der Waals surface area contributed by atoms with E-state index in [1.54, 1.807) is 0 Å². The number of aromatic nitrogens is 2. The van der Waals surface area contributed by atoms with Crippen LogP contribution in [0.5, 0.6) is 0 Å². The van der Waals surface area contributed by atoms with Gasteiger partial charge >= 0.3 is 0 Å². The largest absolute Gasteiger partial charge is 0.353 e. The molecule has 27 heavy (non-hydrogen) atoms. The maximum absolute atomic E-state index is 13.4. The van der Waals surface area contributed by atoms with Crippen LogP contribution >= 0.6 is 0 Å². The summed E-state index contributed by atoms with van der Waals surface area (Å²) in [6, 6.07) is 13.9. The van der Waals surface area contributed by atoms with Crippen molar-refractivity contribution in [3.63, 3.8) is 0 Å². The van der Waals surface area contributed by atoms with E-state index in [2.05, 4.69) is 16.8 Å². The molecule has 0 radical (unpaired) electrons. The summed E-state index contributed by atoms with van der Waals surface area (Å²) in [6.07, 6.45) is 2.63. The van der Waals surface area contributed by atoms with Crippen molar-refractivity contribution in [1.82, 2.24) is 14.9 Å². The third-order valence-electron chi connectivity index (χ3n) is 5.33. The Balaban J connectivity index is 1.61. The highest BCUT2D eigenvalue weighted by atomic mass is 16.2. The second-order valence-electron chi connectivity index (χ2n) is 6.90. The first-order valence-electron chi connectivity index (χ1n) is 9.52. The zero-order valence-electron chi connectivity index (χ0n) is 15.9. The van der Waals surface area contributed by atoms with Crippen molar-refractivity contribution in [1.29, 1.82) is 0 Å². The Kier molecular flexibility index (Phi) is 4.75. The monoisotopic (exact) mass is 360 g/mol. The molecule has 1 aliphatic heterocycles. The van der Waals surface area contributed by atoms with Gasteiger partial charge in [-0.25, -0.2) is 4.98 Å². The van der Waals surface area contributed by atoms with Crippen LogP contribution in [0, 0.1) is 6.92 Å². The fourth-order valence-corrected chi connectivity index (χ4v) is 3.82. The molecule has 0 saturated carbocycles. The van der Waals surface area contributed by atoms with Gasteiger partial charge < -0.3 is 9.80 Å². The van der Waals surface area contributed by atoms with Crippen LogP contribution in [0.25, 0.3) is 10.9 Å². The molecule has 0 atom stereocenters. The number of hydrogen-bond acceptors (Lipinski definition) is 4. The lowest BCUT2D eigenvalue weighted by Gasteiger charge is -2.35. The van der Waals surface area contributed by atoms with Gasteiger partial charge in [0, 0.05) is 43.5 Å². The van der Waals surface area contributed by atoms with E-state index in [1.165, 1.54) is 0 Å². The SMILES string of the molecule is CCc1nc2ccccc2c(C(=O)N2CCN(c3ccccn3)CC2)c1C. The molecule has 5 nitrogen and oxygen atoms in total. The Labute approximate surface area is 159 Å². The third-order valence-corrected chi connectivity index (χ3v) is 5.33. The van der Waals surface area contributed by atoms with E-state index in [0.29, 0.717) is 13.1 Å². The predicted octanol–water partition coefficient (Wildman–Crippen LogP) is 3.46. The van der Waals surface area contributed by atoms with Crippen LogP contribution in [0.15, 0.2) is 48.7 Å². The molecule has 1 fully saturated rings. The summed E-state index contributed by atoms with van der Waals surface area (Å²) in [5.41, 5.74) is 3.72. The summed E-state index contributed by atoms with van der Waals surface area (Å²) >= 11 is 0. The lowest BCUT2D eigenvalue weighted by Crippen LogP contribution is -2.49. The Bertz CT molecular complexity index is 963. The fraction of sp³-hybridized carbons (Fsp3) is 0.318. The predicted molar refractivity (Wildman–Crippen MR) is 108 cm³/mol. The van der Waals surface area contributed by atoms with Crippen LogP contribution in [-0.4, -0.2) is 47.0 Å². The van der Waals surface area contributed by atoms with Crippen LogP contribution in [0.3, 0.4) is 0 Å². The molecule has 0 spiro atoms. The molecular formula is C22H24N4O. The lowest BCUT2D eigenvalue weighted by molar-refractivity contribution is 0.0747. The van der Waals surface area contributed by atoms with E-state index in [1.807, 2.05) is 60.5 Å². The molecule has 1 aliphatic rings. The van der Waals surface area contributed by atoms with Gasteiger partial charge in [-0.1, -0.05) is 31.2 Å². The number of anilines is 1. The first kappa shape index (κ1) is 17.5. The summed E-state index contributed by atoms with van der Waals surface area (Å²) in [5.74, 6) is 1.09. The molecule has 5 heteroatoms. The number of carbonyl (C=O) groups is 1. The van der Waals surface area contributed by atoms with Crippen LogP contribution in [0.2, 0.25) is 0 Å². The minimum absolute atomic E-state index is 0.112. The zero-order chi connectivity index (χ0) is 18.8. The summed E-state index contributed by atoms with van der Waals surface area (Å²) in [7, 11) is 0. The lowest BCUT2D eigenvalue weighted by atomic mass is 9.99. The molecule has 3 aromatic rings. The molecule has 1 saturated heterocycles. The summed E-state index contributed by atoms with van der Waals surface area (Å²) in [6.45, 7) is 7.11. The normalized spacial score (nSPS) is 14.6. The average molecular weight is 360 g/mol. The van der Waals surface area contributed by atoms with Gasteiger partial charge in [-0.05, 0) is 37.1 Å². The van der Waals surface area contributed by atoms with E-state index in [0.717, 1.165) is 53.1 Å². The highest BCUT2D eigenvalue weighted by molar-refractivity contribution is 6.07. The summed E-state index contributed by atoms with van der Waals surface area (Å²) in [4.78, 5) is 26.8. The second-order valence-corrected chi connectivity index (χ2v) is 6.90. The molecule has 4 rings (SSSR count). The number of fused-ring (bicyclic) bond motifs is 1. The van der Waals surface area contributed by atoms with Gasteiger partial charge in [0.15, 0.2) is 0 Å². The molecule has 0 aliphatic carbocycles.